The van der Waals surface area contributed by atoms with Crippen LogP contribution in [0.15, 0.2) is 48.5 Å². The SMILES string of the molecule is CCC(N)c1cccc(Cl)c1.O=Cc1cccc(Cl)c1. The highest BCUT2D eigenvalue weighted by molar-refractivity contribution is 6.31. The van der Waals surface area contributed by atoms with Crippen LogP contribution in [0.1, 0.15) is 35.3 Å². The average Bonchev–Trinajstić information content (AvgIpc) is 2.47. The van der Waals surface area contributed by atoms with Gasteiger partial charge in [-0.25, -0.2) is 0 Å². The average molecular weight is 310 g/mol. The summed E-state index contributed by atoms with van der Waals surface area (Å²) in [6.45, 7) is 2.06. The van der Waals surface area contributed by atoms with Crippen molar-refractivity contribution in [1.82, 2.24) is 0 Å². The molecular formula is C16H17Cl2NO. The van der Waals surface area contributed by atoms with E-state index in [-0.39, 0.29) is 6.04 Å². The number of carbonyl (C=O) groups is 1. The lowest BCUT2D eigenvalue weighted by molar-refractivity contribution is 0.112. The highest BCUT2D eigenvalue weighted by atomic mass is 35.5. The molecule has 1 atom stereocenters. The Kier molecular flexibility index (Phi) is 7.31. The molecule has 2 N–H and O–H groups in total. The first kappa shape index (κ1) is 16.7. The zero-order chi connectivity index (χ0) is 15.0. The van der Waals surface area contributed by atoms with E-state index in [0.717, 1.165) is 23.3 Å². The van der Waals surface area contributed by atoms with E-state index in [1.165, 1.54) is 0 Å². The zero-order valence-electron chi connectivity index (χ0n) is 11.2. The van der Waals surface area contributed by atoms with E-state index in [0.29, 0.717) is 10.6 Å². The molecule has 0 bridgehead atoms. The lowest BCUT2D eigenvalue weighted by atomic mass is 10.1. The Balaban J connectivity index is 0.000000204. The van der Waals surface area contributed by atoms with E-state index in [9.17, 15) is 4.79 Å². The first-order chi connectivity index (χ1) is 9.56. The van der Waals surface area contributed by atoms with Crippen LogP contribution in [0, 0.1) is 0 Å². The second-order valence-corrected chi connectivity index (χ2v) is 5.12. The molecule has 106 valence electrons. The summed E-state index contributed by atoms with van der Waals surface area (Å²) in [5.41, 5.74) is 7.53. The lowest BCUT2D eigenvalue weighted by Crippen LogP contribution is -2.07. The summed E-state index contributed by atoms with van der Waals surface area (Å²) in [6, 6.07) is 14.6. The molecule has 1 unspecified atom stereocenters. The minimum absolute atomic E-state index is 0.119. The minimum atomic E-state index is 0.119. The fourth-order valence-corrected chi connectivity index (χ4v) is 1.95. The summed E-state index contributed by atoms with van der Waals surface area (Å²) < 4.78 is 0. The maximum absolute atomic E-state index is 10.1. The predicted octanol–water partition coefficient (Wildman–Crippen LogP) is 4.90. The fraction of sp³-hybridized carbons (Fsp3) is 0.188. The van der Waals surface area contributed by atoms with Gasteiger partial charge < -0.3 is 5.73 Å². The monoisotopic (exact) mass is 309 g/mol. The third kappa shape index (κ3) is 5.74. The standard InChI is InChI=1S/C9H12ClN.C7H5ClO/c1-2-9(11)7-4-3-5-8(10)6-7;8-7-3-1-2-6(4-7)5-9/h3-6,9H,2,11H2,1H3;1-5H. The molecule has 0 saturated carbocycles. The van der Waals surface area contributed by atoms with Crippen molar-refractivity contribution < 1.29 is 4.79 Å². The fourth-order valence-electron chi connectivity index (χ4n) is 1.55. The van der Waals surface area contributed by atoms with E-state index in [2.05, 4.69) is 6.92 Å². The van der Waals surface area contributed by atoms with E-state index in [1.807, 2.05) is 24.3 Å². The zero-order valence-corrected chi connectivity index (χ0v) is 12.7. The number of carbonyl (C=O) groups excluding carboxylic acids is 1. The Morgan fingerprint density at radius 2 is 1.70 bits per heavy atom. The van der Waals surface area contributed by atoms with Crippen molar-refractivity contribution in [2.75, 3.05) is 0 Å². The van der Waals surface area contributed by atoms with Crippen molar-refractivity contribution in [3.8, 4) is 0 Å². The number of hydrogen-bond donors (Lipinski definition) is 1. The second kappa shape index (κ2) is 8.75. The van der Waals surface area contributed by atoms with Gasteiger partial charge in [-0.05, 0) is 36.2 Å². The van der Waals surface area contributed by atoms with Crippen molar-refractivity contribution in [3.05, 3.63) is 69.7 Å². The summed E-state index contributed by atoms with van der Waals surface area (Å²) in [4.78, 5) is 10.1. The molecule has 0 fully saturated rings. The normalized spacial score (nSPS) is 11.2. The molecule has 0 amide bonds. The van der Waals surface area contributed by atoms with Gasteiger partial charge in [0.15, 0.2) is 0 Å². The van der Waals surface area contributed by atoms with Gasteiger partial charge >= 0.3 is 0 Å². The first-order valence-corrected chi connectivity index (χ1v) is 7.04. The van der Waals surface area contributed by atoms with Gasteiger partial charge in [0.25, 0.3) is 0 Å². The van der Waals surface area contributed by atoms with Crippen LogP contribution in [-0.4, -0.2) is 6.29 Å². The molecule has 0 aromatic heterocycles. The van der Waals surface area contributed by atoms with Crippen LogP contribution in [0.2, 0.25) is 10.0 Å². The minimum Gasteiger partial charge on any atom is -0.324 e. The van der Waals surface area contributed by atoms with Crippen LogP contribution < -0.4 is 5.73 Å². The molecule has 2 rings (SSSR count). The molecule has 20 heavy (non-hydrogen) atoms. The summed E-state index contributed by atoms with van der Waals surface area (Å²) in [7, 11) is 0. The van der Waals surface area contributed by atoms with Crippen LogP contribution in [0.3, 0.4) is 0 Å². The molecule has 0 heterocycles. The Morgan fingerprint density at radius 1 is 1.10 bits per heavy atom. The van der Waals surface area contributed by atoms with E-state index in [1.54, 1.807) is 24.3 Å². The van der Waals surface area contributed by atoms with Crippen molar-refractivity contribution in [1.29, 1.82) is 0 Å². The van der Waals surface area contributed by atoms with Gasteiger partial charge in [-0.3, -0.25) is 4.79 Å². The Labute approximate surface area is 129 Å². The van der Waals surface area contributed by atoms with Gasteiger partial charge in [-0.1, -0.05) is 54.4 Å². The molecular weight excluding hydrogens is 293 g/mol. The summed E-state index contributed by atoms with van der Waals surface area (Å²) in [5.74, 6) is 0. The van der Waals surface area contributed by atoms with Crippen molar-refractivity contribution in [2.45, 2.75) is 19.4 Å². The largest absolute Gasteiger partial charge is 0.324 e. The second-order valence-electron chi connectivity index (χ2n) is 4.24. The van der Waals surface area contributed by atoms with Gasteiger partial charge in [0.1, 0.15) is 6.29 Å². The number of nitrogens with two attached hydrogens (primary N) is 1. The molecule has 2 nitrogen and oxygen atoms in total. The molecule has 2 aromatic rings. The van der Waals surface area contributed by atoms with E-state index in [4.69, 9.17) is 28.9 Å². The molecule has 0 radical (unpaired) electrons. The van der Waals surface area contributed by atoms with Crippen molar-refractivity contribution in [2.24, 2.45) is 5.73 Å². The Morgan fingerprint density at radius 3 is 2.15 bits per heavy atom. The third-order valence-corrected chi connectivity index (χ3v) is 3.17. The van der Waals surface area contributed by atoms with Crippen molar-refractivity contribution in [3.63, 3.8) is 0 Å². The Bertz CT molecular complexity index is 558. The summed E-state index contributed by atoms with van der Waals surface area (Å²) in [5, 5.41) is 1.35. The molecule has 0 saturated heterocycles. The number of hydrogen-bond acceptors (Lipinski definition) is 2. The molecule has 0 aliphatic rings. The smallest absolute Gasteiger partial charge is 0.150 e. The molecule has 0 aliphatic heterocycles. The molecule has 2 aromatic carbocycles. The number of rotatable bonds is 3. The third-order valence-electron chi connectivity index (χ3n) is 2.70. The van der Waals surface area contributed by atoms with E-state index >= 15 is 0 Å². The van der Waals surface area contributed by atoms with Crippen LogP contribution in [0.25, 0.3) is 0 Å². The van der Waals surface area contributed by atoms with Gasteiger partial charge in [0, 0.05) is 21.7 Å². The van der Waals surface area contributed by atoms with E-state index < -0.39 is 0 Å². The maximum atomic E-state index is 10.1. The topological polar surface area (TPSA) is 43.1 Å². The highest BCUT2D eigenvalue weighted by Gasteiger charge is 2.01. The van der Waals surface area contributed by atoms with Gasteiger partial charge in [-0.15, -0.1) is 0 Å². The van der Waals surface area contributed by atoms with Crippen LogP contribution in [0.4, 0.5) is 0 Å². The van der Waals surface area contributed by atoms with Crippen LogP contribution >= 0.6 is 23.2 Å². The van der Waals surface area contributed by atoms with Gasteiger partial charge in [0.2, 0.25) is 0 Å². The highest BCUT2D eigenvalue weighted by Crippen LogP contribution is 2.17. The quantitative estimate of drug-likeness (QED) is 0.819. The van der Waals surface area contributed by atoms with Crippen molar-refractivity contribution >= 4 is 29.5 Å². The van der Waals surface area contributed by atoms with Gasteiger partial charge in [-0.2, -0.15) is 0 Å². The number of halogens is 2. The molecule has 4 heteroatoms. The molecule has 0 spiro atoms. The van der Waals surface area contributed by atoms with Crippen LogP contribution in [-0.2, 0) is 0 Å². The number of benzene rings is 2. The number of aldehydes is 1. The Hall–Kier alpha value is -1.35. The maximum Gasteiger partial charge on any atom is 0.150 e. The summed E-state index contributed by atoms with van der Waals surface area (Å²) >= 11 is 11.4. The predicted molar refractivity (Wildman–Crippen MR) is 85.5 cm³/mol. The lowest BCUT2D eigenvalue weighted by Gasteiger charge is -2.08. The summed E-state index contributed by atoms with van der Waals surface area (Å²) in [6.07, 6.45) is 1.71. The van der Waals surface area contributed by atoms with Crippen LogP contribution in [0.5, 0.6) is 0 Å². The molecule has 0 aliphatic carbocycles. The first-order valence-electron chi connectivity index (χ1n) is 6.28. The van der Waals surface area contributed by atoms with Gasteiger partial charge in [0.05, 0.1) is 0 Å².